The standard InChI is InChI=1S/C23H28N4O3.C22H25N3O4.C20H23N3O3.C19H21N3O4.C15H22N4O.C8H7BrN2/c1-26-21-13-18(9-10-19(21)14-24-26)22(28)20(15-27-11-5-6-12-27)25-23(29)30-16-17-7-3-2-4-8-17;1-22(2)25(21(27)28-13-15-7-5-4-6-8-15)19(14-29-22)20(26)16-9-10-17-12-23-24(3)18(17)11-16;1-3-17(22-20(25)26-13-14-7-5-4-6-8-14)19(24)15-9-10-16-12-21-23(2)18(16)11-15;1-22-17-9-14(7-8-15(17)10-20-22)18(24)16(11-23)21-19(25)26-12-13-5-3-2-4-6-13;1-18-14-8-11(4-5-12(14)9-17-18)15(20)13(16)10-19-6-2-3-7-19;1-11-8-4-7(9)3-2-6(8)5-10-11/h2-4,7-10,13-14,20,22,28H,5-6,11-12,15-16H2,1H3,(H,25,29);4-12,19-20,26H,13-14H2,1-3H3;4-12,17,19,24H,3,13H2,1-2H3,(H,22,25);2-10,16,18,23-24H,11-12H2,1H3,(H,21,25);4-5,8-9,13,15,20H,2-3,6-7,10,16H2,1H3;2-5H,1H3/t20-,22?;;;;13-,15?;/m1...1./s1. The Bertz CT molecular complexity index is 6640. The summed E-state index contributed by atoms with van der Waals surface area (Å²) in [6, 6.07) is 69.7. The van der Waals surface area contributed by atoms with Crippen LogP contribution in [0.4, 0.5) is 19.2 Å². The van der Waals surface area contributed by atoms with Crippen molar-refractivity contribution in [2.75, 3.05) is 52.5 Å². The number of rotatable bonds is 27. The lowest BCUT2D eigenvalue weighted by Crippen LogP contribution is -2.50. The van der Waals surface area contributed by atoms with E-state index in [4.69, 9.17) is 29.4 Å². The fourth-order valence-electron chi connectivity index (χ4n) is 17.4. The lowest BCUT2D eigenvalue weighted by molar-refractivity contribution is -0.0544. The molecule has 0 aliphatic carbocycles. The Kier molecular flexibility index (Phi) is 36.3. The molecule has 3 aliphatic heterocycles. The zero-order chi connectivity index (χ0) is 101. The Morgan fingerprint density at radius 2 is 0.697 bits per heavy atom. The van der Waals surface area contributed by atoms with Crippen LogP contribution < -0.4 is 21.7 Å². The van der Waals surface area contributed by atoms with E-state index in [1.807, 2.05) is 276 Å². The quantitative estimate of drug-likeness (QED) is 0.0214. The van der Waals surface area contributed by atoms with E-state index in [2.05, 4.69) is 78.3 Å². The second kappa shape index (κ2) is 49.5. The van der Waals surface area contributed by atoms with E-state index < -0.39 is 91.4 Å². The van der Waals surface area contributed by atoms with E-state index in [0.29, 0.717) is 24.1 Å². The number of amides is 4. The Morgan fingerprint density at radius 1 is 0.401 bits per heavy atom. The summed E-state index contributed by atoms with van der Waals surface area (Å²) in [5, 5.41) is 103. The number of aromatic nitrogens is 12. The average molecular weight is 2000 g/mol. The van der Waals surface area contributed by atoms with Crippen LogP contribution >= 0.6 is 15.9 Å². The maximum atomic E-state index is 12.9. The molecule has 0 spiro atoms. The van der Waals surface area contributed by atoms with Gasteiger partial charge in [-0.2, -0.15) is 30.6 Å². The van der Waals surface area contributed by atoms with Crippen LogP contribution in [-0.4, -0.2) is 217 Å². The summed E-state index contributed by atoms with van der Waals surface area (Å²) in [6.45, 7) is 11.4. The smallest absolute Gasteiger partial charge is 0.412 e. The summed E-state index contributed by atoms with van der Waals surface area (Å²) >= 11 is 3.41. The van der Waals surface area contributed by atoms with Crippen molar-refractivity contribution in [1.82, 2.24) is 89.3 Å². The van der Waals surface area contributed by atoms with Gasteiger partial charge < -0.3 is 85.8 Å². The molecule has 11 N–H and O–H groups in total. The lowest BCUT2D eigenvalue weighted by Gasteiger charge is -2.34. The zero-order valence-electron chi connectivity index (χ0n) is 81.2. The molecule has 19 rings (SSSR count). The molecule has 3 fully saturated rings. The molecule has 746 valence electrons. The summed E-state index contributed by atoms with van der Waals surface area (Å²) in [5.41, 5.74) is 18.3. The van der Waals surface area contributed by atoms with Crippen molar-refractivity contribution in [3.05, 3.63) is 322 Å². The fraction of sp³-hybridized carbons (Fsp3) is 0.346. The third-order valence-corrected chi connectivity index (χ3v) is 26.1. The first-order valence-electron chi connectivity index (χ1n) is 47.5. The second-order valence-electron chi connectivity index (χ2n) is 36.1. The van der Waals surface area contributed by atoms with Gasteiger partial charge in [-0.1, -0.05) is 211 Å². The van der Waals surface area contributed by atoms with Gasteiger partial charge >= 0.3 is 24.4 Å². The molecular formula is C107H126BrN19O15. The summed E-state index contributed by atoms with van der Waals surface area (Å²) in [5.74, 6) is 0. The second-order valence-corrected chi connectivity index (χ2v) is 37.0. The van der Waals surface area contributed by atoms with Gasteiger partial charge in [0.1, 0.15) is 50.5 Å². The molecule has 0 saturated carbocycles. The lowest BCUT2D eigenvalue weighted by atomic mass is 9.99. The molecule has 35 heteroatoms. The van der Waals surface area contributed by atoms with Crippen molar-refractivity contribution in [1.29, 1.82) is 0 Å². The third kappa shape index (κ3) is 27.5. The highest BCUT2D eigenvalue weighted by atomic mass is 79.9. The van der Waals surface area contributed by atoms with Crippen LogP contribution in [0.3, 0.4) is 0 Å². The maximum absolute atomic E-state index is 12.9. The van der Waals surface area contributed by atoms with Crippen LogP contribution in [0.1, 0.15) is 133 Å². The van der Waals surface area contributed by atoms with Crippen molar-refractivity contribution in [3.8, 4) is 0 Å². The Hall–Kier alpha value is -13.8. The summed E-state index contributed by atoms with van der Waals surface area (Å²) in [6.07, 6.45) is 9.53. The number of ether oxygens (including phenoxy) is 5. The number of aliphatic hydroxyl groups excluding tert-OH is 6. The molecule has 8 unspecified atom stereocenters. The number of halogens is 1. The van der Waals surface area contributed by atoms with Crippen LogP contribution in [0.25, 0.3) is 65.4 Å². The molecule has 10 aromatic carbocycles. The summed E-state index contributed by atoms with van der Waals surface area (Å²) in [7, 11) is 11.2. The highest BCUT2D eigenvalue weighted by molar-refractivity contribution is 9.10. The number of nitrogens with one attached hydrogen (secondary N) is 3. The number of carbonyl (C=O) groups is 4. The minimum Gasteiger partial charge on any atom is -0.445 e. The number of carbonyl (C=O) groups excluding carboxylic acids is 4. The minimum atomic E-state index is -1.08. The number of fused-ring (bicyclic) bond motifs is 6. The van der Waals surface area contributed by atoms with Gasteiger partial charge in [0.25, 0.3) is 0 Å². The van der Waals surface area contributed by atoms with Gasteiger partial charge in [-0.25, -0.2) is 19.2 Å². The molecule has 3 aliphatic rings. The summed E-state index contributed by atoms with van der Waals surface area (Å²) < 4.78 is 38.9. The first-order chi connectivity index (χ1) is 68.5. The number of likely N-dealkylation sites (tertiary alicyclic amines) is 2. The number of hydrogen-bond donors (Lipinski definition) is 10. The van der Waals surface area contributed by atoms with Gasteiger partial charge in [0.05, 0.1) is 120 Å². The largest absolute Gasteiger partial charge is 0.445 e. The van der Waals surface area contributed by atoms with E-state index in [1.165, 1.54) is 23.1 Å². The molecule has 6 aromatic heterocycles. The van der Waals surface area contributed by atoms with Crippen molar-refractivity contribution in [2.45, 2.75) is 146 Å². The molecular weight excluding hydrogens is 1870 g/mol. The maximum Gasteiger partial charge on any atom is 0.412 e. The van der Waals surface area contributed by atoms with Gasteiger partial charge in [-0.15, -0.1) is 0 Å². The number of benzene rings is 10. The molecule has 3 saturated heterocycles. The van der Waals surface area contributed by atoms with E-state index in [1.54, 1.807) is 76.5 Å². The van der Waals surface area contributed by atoms with Crippen molar-refractivity contribution >= 4 is 106 Å². The van der Waals surface area contributed by atoms with Crippen LogP contribution in [0.2, 0.25) is 0 Å². The molecule has 0 radical (unpaired) electrons. The van der Waals surface area contributed by atoms with E-state index in [-0.39, 0.29) is 39.1 Å². The average Bonchev–Trinajstić information content (AvgIpc) is 1.62. The van der Waals surface area contributed by atoms with Crippen LogP contribution in [0.5, 0.6) is 0 Å². The Labute approximate surface area is 832 Å². The predicted molar refractivity (Wildman–Crippen MR) is 546 cm³/mol. The van der Waals surface area contributed by atoms with Crippen LogP contribution in [-0.2, 0) is 92.4 Å². The predicted octanol–water partition coefficient (Wildman–Crippen LogP) is 14.9. The number of aryl methyl sites for hydroxylation is 6. The third-order valence-electron chi connectivity index (χ3n) is 25.6. The van der Waals surface area contributed by atoms with Gasteiger partial charge in [-0.3, -0.25) is 33.0 Å². The molecule has 142 heavy (non-hydrogen) atoms. The van der Waals surface area contributed by atoms with Gasteiger partial charge in [0.15, 0.2) is 0 Å². The number of alkyl carbamates (subject to hydrolysis) is 3. The SMILES string of the molecule is CCC(NC(=O)OCc1ccccc1)C(O)c1ccc2cnn(C)c2c1.Cn1ncc2ccc(Br)cc21.Cn1ncc2ccc(C(O)C(CO)NC(=O)OCc3ccccc3)cc21.Cn1ncc2ccc(C(O)C3COC(C)(C)N3C(=O)OCc3ccccc3)cc21.Cn1ncc2ccc(C(O)[C@@H](CN3CCCC3)NC(=O)OCc3ccccc3)cc21.Cn1ncc2ccc(C(O)[C@H](N)CN3CCCC3)cc21. The Balaban J connectivity index is 0.000000138. The molecule has 34 nitrogen and oxygen atoms in total. The Morgan fingerprint density at radius 3 is 1.06 bits per heavy atom. The molecule has 10 atom stereocenters. The fourth-order valence-corrected chi connectivity index (χ4v) is 17.8. The highest BCUT2D eigenvalue weighted by Gasteiger charge is 2.48. The molecule has 0 bridgehead atoms. The van der Waals surface area contributed by atoms with Crippen LogP contribution in [0.15, 0.2) is 272 Å². The molecule has 4 amide bonds. The van der Waals surface area contributed by atoms with Crippen LogP contribution in [0, 0.1) is 0 Å². The first kappa shape index (κ1) is 104. The van der Waals surface area contributed by atoms with Crippen molar-refractivity contribution < 1.29 is 73.5 Å². The number of hydrogen-bond acceptors (Lipinski definition) is 24. The topological polar surface area (TPSA) is 415 Å². The highest BCUT2D eigenvalue weighted by Crippen LogP contribution is 2.37. The number of nitrogens with two attached hydrogens (primary N) is 1. The molecule has 16 aromatic rings. The van der Waals surface area contributed by atoms with Gasteiger partial charge in [-0.05, 0) is 165 Å². The minimum absolute atomic E-state index is 0.113. The number of nitrogens with zero attached hydrogens (tertiary/aromatic N) is 15. The molecule has 9 heterocycles. The van der Waals surface area contributed by atoms with E-state index in [9.17, 15) is 49.8 Å². The van der Waals surface area contributed by atoms with Crippen molar-refractivity contribution in [3.63, 3.8) is 0 Å². The summed E-state index contributed by atoms with van der Waals surface area (Å²) in [4.78, 5) is 55.5. The monoisotopic (exact) mass is 2000 g/mol. The van der Waals surface area contributed by atoms with Gasteiger partial charge in [0.2, 0.25) is 0 Å². The van der Waals surface area contributed by atoms with Crippen molar-refractivity contribution in [2.24, 2.45) is 48.0 Å². The zero-order valence-corrected chi connectivity index (χ0v) is 82.8. The number of aliphatic hydroxyl groups is 6. The van der Waals surface area contributed by atoms with Gasteiger partial charge in [0, 0.05) is 98.2 Å². The van der Waals surface area contributed by atoms with E-state index >= 15 is 0 Å². The van der Waals surface area contributed by atoms with E-state index in [0.717, 1.165) is 149 Å². The first-order valence-corrected chi connectivity index (χ1v) is 48.3. The normalized spacial score (nSPS) is 15.9.